The van der Waals surface area contributed by atoms with Gasteiger partial charge in [0.15, 0.2) is 0 Å². The van der Waals surface area contributed by atoms with E-state index in [0.717, 1.165) is 42.5 Å². The van der Waals surface area contributed by atoms with Gasteiger partial charge in [0.1, 0.15) is 0 Å². The highest BCUT2D eigenvalue weighted by Gasteiger charge is 2.46. The standard InChI is InChI=1S/C21H23ClN2OS/c1-14-2-5-16(22)12-20(14)23-8-10-24(11-9-23)21(25)19-13-18(19)15-3-6-17(26)7-4-15/h2-7,12,18-19,26H,8-11,13H2,1H3/t18-,19-/m1/s1. The number of carbonyl (C=O) groups is 1. The molecule has 2 aromatic rings. The molecule has 2 aromatic carbocycles. The van der Waals surface area contributed by atoms with Gasteiger partial charge in [-0.3, -0.25) is 4.79 Å². The van der Waals surface area contributed by atoms with Crippen LogP contribution < -0.4 is 4.90 Å². The Kier molecular flexibility index (Phi) is 4.89. The number of halogens is 1. The lowest BCUT2D eigenvalue weighted by molar-refractivity contribution is -0.132. The molecule has 1 aliphatic carbocycles. The third-order valence-corrected chi connectivity index (χ3v) is 6.07. The maximum atomic E-state index is 12.8. The van der Waals surface area contributed by atoms with Crippen LogP contribution in [0.5, 0.6) is 0 Å². The minimum absolute atomic E-state index is 0.153. The Labute approximate surface area is 165 Å². The third kappa shape index (κ3) is 3.58. The van der Waals surface area contributed by atoms with Crippen molar-refractivity contribution in [1.82, 2.24) is 4.90 Å². The number of carbonyl (C=O) groups excluding carboxylic acids is 1. The average Bonchev–Trinajstić information content (AvgIpc) is 3.45. The number of amides is 1. The van der Waals surface area contributed by atoms with E-state index >= 15 is 0 Å². The van der Waals surface area contributed by atoms with Crippen molar-refractivity contribution >= 4 is 35.8 Å². The smallest absolute Gasteiger partial charge is 0.226 e. The molecule has 1 amide bonds. The van der Waals surface area contributed by atoms with E-state index in [9.17, 15) is 4.79 Å². The Bertz CT molecular complexity index is 815. The van der Waals surface area contributed by atoms with Crippen LogP contribution >= 0.6 is 24.2 Å². The Morgan fingerprint density at radius 1 is 1.08 bits per heavy atom. The Balaban J connectivity index is 1.36. The first-order valence-corrected chi connectivity index (χ1v) is 9.94. The van der Waals surface area contributed by atoms with Crippen LogP contribution in [0.4, 0.5) is 5.69 Å². The number of benzene rings is 2. The molecule has 0 bridgehead atoms. The molecule has 1 saturated heterocycles. The molecule has 3 nitrogen and oxygen atoms in total. The summed E-state index contributed by atoms with van der Waals surface area (Å²) in [6, 6.07) is 14.2. The van der Waals surface area contributed by atoms with Gasteiger partial charge in [-0.1, -0.05) is 29.8 Å². The van der Waals surface area contributed by atoms with Gasteiger partial charge in [0.25, 0.3) is 0 Å². The molecule has 0 N–H and O–H groups in total. The number of anilines is 1. The van der Waals surface area contributed by atoms with Gasteiger partial charge in [0.2, 0.25) is 5.91 Å². The maximum Gasteiger partial charge on any atom is 0.226 e. The third-order valence-electron chi connectivity index (χ3n) is 5.53. The maximum absolute atomic E-state index is 12.8. The van der Waals surface area contributed by atoms with Crippen molar-refractivity contribution in [2.24, 2.45) is 5.92 Å². The highest BCUT2D eigenvalue weighted by atomic mass is 35.5. The summed E-state index contributed by atoms with van der Waals surface area (Å²) in [5.41, 5.74) is 3.67. The fourth-order valence-corrected chi connectivity index (χ4v) is 4.20. The molecule has 5 heteroatoms. The Morgan fingerprint density at radius 2 is 1.77 bits per heavy atom. The molecule has 1 aliphatic heterocycles. The van der Waals surface area contributed by atoms with E-state index in [1.54, 1.807) is 0 Å². The number of hydrogen-bond donors (Lipinski definition) is 1. The summed E-state index contributed by atoms with van der Waals surface area (Å²) in [6.07, 6.45) is 0.971. The van der Waals surface area contributed by atoms with E-state index in [-0.39, 0.29) is 5.92 Å². The first kappa shape index (κ1) is 17.7. The van der Waals surface area contributed by atoms with Crippen molar-refractivity contribution in [1.29, 1.82) is 0 Å². The van der Waals surface area contributed by atoms with Gasteiger partial charge in [-0.25, -0.2) is 0 Å². The number of thiol groups is 1. The summed E-state index contributed by atoms with van der Waals surface area (Å²) in [5.74, 6) is 0.845. The Hall–Kier alpha value is -1.65. The topological polar surface area (TPSA) is 23.6 Å². The molecule has 1 heterocycles. The lowest BCUT2D eigenvalue weighted by Crippen LogP contribution is -2.49. The number of rotatable bonds is 3. The van der Waals surface area contributed by atoms with Gasteiger partial charge < -0.3 is 9.80 Å². The quantitative estimate of drug-likeness (QED) is 0.791. The first-order chi connectivity index (χ1) is 12.5. The summed E-state index contributed by atoms with van der Waals surface area (Å²) in [5, 5.41) is 0.761. The zero-order valence-electron chi connectivity index (χ0n) is 14.9. The molecule has 4 rings (SSSR count). The van der Waals surface area contributed by atoms with Gasteiger partial charge >= 0.3 is 0 Å². The van der Waals surface area contributed by atoms with Crippen LogP contribution in [0, 0.1) is 12.8 Å². The Morgan fingerprint density at radius 3 is 2.46 bits per heavy atom. The second kappa shape index (κ2) is 7.16. The number of nitrogens with zero attached hydrogens (tertiary/aromatic N) is 2. The first-order valence-electron chi connectivity index (χ1n) is 9.12. The highest BCUT2D eigenvalue weighted by Crippen LogP contribution is 2.48. The van der Waals surface area contributed by atoms with E-state index in [4.69, 9.17) is 11.6 Å². The second-order valence-electron chi connectivity index (χ2n) is 7.28. The van der Waals surface area contributed by atoms with Crippen LogP contribution in [0.3, 0.4) is 0 Å². The molecule has 0 aromatic heterocycles. The molecule has 2 atom stereocenters. The predicted molar refractivity (Wildman–Crippen MR) is 110 cm³/mol. The monoisotopic (exact) mass is 386 g/mol. The lowest BCUT2D eigenvalue weighted by atomic mass is 10.1. The summed E-state index contributed by atoms with van der Waals surface area (Å²) in [7, 11) is 0. The molecule has 0 unspecified atom stereocenters. The molecule has 136 valence electrons. The normalized spacial score (nSPS) is 22.4. The zero-order valence-corrected chi connectivity index (χ0v) is 16.5. The molecule has 1 saturated carbocycles. The lowest BCUT2D eigenvalue weighted by Gasteiger charge is -2.37. The van der Waals surface area contributed by atoms with Crippen molar-refractivity contribution < 1.29 is 4.79 Å². The van der Waals surface area contributed by atoms with Gasteiger partial charge in [-0.05, 0) is 54.7 Å². The van der Waals surface area contributed by atoms with Crippen molar-refractivity contribution in [3.05, 3.63) is 58.6 Å². The number of hydrogen-bond acceptors (Lipinski definition) is 3. The van der Waals surface area contributed by atoms with Crippen molar-refractivity contribution in [2.45, 2.75) is 24.2 Å². The summed E-state index contributed by atoms with van der Waals surface area (Å²) in [6.45, 7) is 5.39. The molecular formula is C21H23ClN2OS. The molecular weight excluding hydrogens is 364 g/mol. The van der Waals surface area contributed by atoms with E-state index in [1.807, 2.05) is 29.2 Å². The molecule has 2 aliphatic rings. The van der Waals surface area contributed by atoms with Crippen LogP contribution in [-0.2, 0) is 4.79 Å². The summed E-state index contributed by atoms with van der Waals surface area (Å²) >= 11 is 10.5. The minimum atomic E-state index is 0.153. The fraction of sp³-hybridized carbons (Fsp3) is 0.381. The van der Waals surface area contributed by atoms with Crippen LogP contribution in [0.15, 0.2) is 47.4 Å². The van der Waals surface area contributed by atoms with Gasteiger partial charge in [-0.15, -0.1) is 12.6 Å². The predicted octanol–water partition coefficient (Wildman–Crippen LogP) is 4.39. The van der Waals surface area contributed by atoms with Crippen molar-refractivity contribution in [2.75, 3.05) is 31.1 Å². The van der Waals surface area contributed by atoms with E-state index in [0.29, 0.717) is 11.8 Å². The van der Waals surface area contributed by atoms with Crippen LogP contribution in [-0.4, -0.2) is 37.0 Å². The summed E-state index contributed by atoms with van der Waals surface area (Å²) < 4.78 is 0. The molecule has 0 spiro atoms. The summed E-state index contributed by atoms with van der Waals surface area (Å²) in [4.78, 5) is 18.2. The number of aryl methyl sites for hydroxylation is 1. The van der Waals surface area contributed by atoms with Gasteiger partial charge in [-0.2, -0.15) is 0 Å². The second-order valence-corrected chi connectivity index (χ2v) is 8.24. The van der Waals surface area contributed by atoms with Crippen LogP contribution in [0.25, 0.3) is 0 Å². The van der Waals surface area contributed by atoms with Crippen LogP contribution in [0.1, 0.15) is 23.5 Å². The SMILES string of the molecule is Cc1ccc(Cl)cc1N1CCN(C(=O)[C@@H]2C[C@@H]2c2ccc(S)cc2)CC1. The molecule has 26 heavy (non-hydrogen) atoms. The molecule has 2 fully saturated rings. The number of piperazine rings is 1. The van der Waals surface area contributed by atoms with E-state index in [1.165, 1.54) is 16.8 Å². The largest absolute Gasteiger partial charge is 0.368 e. The van der Waals surface area contributed by atoms with Crippen molar-refractivity contribution in [3.63, 3.8) is 0 Å². The van der Waals surface area contributed by atoms with Gasteiger partial charge in [0.05, 0.1) is 0 Å². The van der Waals surface area contributed by atoms with E-state index < -0.39 is 0 Å². The van der Waals surface area contributed by atoms with Gasteiger partial charge in [0, 0.05) is 47.7 Å². The average molecular weight is 387 g/mol. The zero-order chi connectivity index (χ0) is 18.3. The minimum Gasteiger partial charge on any atom is -0.368 e. The van der Waals surface area contributed by atoms with E-state index in [2.05, 4.69) is 42.7 Å². The highest BCUT2D eigenvalue weighted by molar-refractivity contribution is 7.80. The van der Waals surface area contributed by atoms with Crippen molar-refractivity contribution in [3.8, 4) is 0 Å². The van der Waals surface area contributed by atoms with Crippen LogP contribution in [0.2, 0.25) is 5.02 Å². The molecule has 0 radical (unpaired) electrons. The fourth-order valence-electron chi connectivity index (χ4n) is 3.88.